The summed E-state index contributed by atoms with van der Waals surface area (Å²) in [4.78, 5) is 22.1. The highest BCUT2D eigenvalue weighted by molar-refractivity contribution is 7.18. The molecule has 1 aliphatic rings. The standard InChI is InChI=1S/C16H16N2O2S/c1-8-3-5-10-12(7-8)21-16-13(10)15(19)17-14(18-16)11-6-4-9(2)20-11/h4,6,8H,3,5,7H2,1-2H3,(H,17,18,19)/t8-/m0/s1. The minimum absolute atomic E-state index is 0.0453. The summed E-state index contributed by atoms with van der Waals surface area (Å²) in [5.41, 5.74) is 1.17. The number of hydrogen-bond donors (Lipinski definition) is 1. The summed E-state index contributed by atoms with van der Waals surface area (Å²) in [5.74, 6) is 2.64. The molecule has 0 bridgehead atoms. The van der Waals surface area contributed by atoms with Gasteiger partial charge in [0.1, 0.15) is 10.6 Å². The van der Waals surface area contributed by atoms with Gasteiger partial charge in [-0.15, -0.1) is 11.3 Å². The predicted molar refractivity (Wildman–Crippen MR) is 83.9 cm³/mol. The maximum absolute atomic E-state index is 12.5. The minimum atomic E-state index is -0.0453. The molecule has 0 amide bonds. The van der Waals surface area contributed by atoms with E-state index in [9.17, 15) is 4.79 Å². The van der Waals surface area contributed by atoms with E-state index >= 15 is 0 Å². The smallest absolute Gasteiger partial charge is 0.260 e. The molecule has 0 radical (unpaired) electrons. The first-order valence-corrected chi connectivity index (χ1v) is 8.05. The summed E-state index contributed by atoms with van der Waals surface area (Å²) in [5, 5.41) is 0.786. The average molecular weight is 300 g/mol. The molecule has 0 aliphatic heterocycles. The zero-order valence-corrected chi connectivity index (χ0v) is 12.8. The molecule has 4 rings (SSSR count). The third kappa shape index (κ3) is 2.03. The van der Waals surface area contributed by atoms with Crippen LogP contribution in [0.5, 0.6) is 0 Å². The van der Waals surface area contributed by atoms with E-state index in [4.69, 9.17) is 4.42 Å². The van der Waals surface area contributed by atoms with E-state index in [1.807, 2.05) is 19.1 Å². The third-order valence-corrected chi connectivity index (χ3v) is 5.29. The fourth-order valence-corrected chi connectivity index (χ4v) is 4.41. The van der Waals surface area contributed by atoms with Crippen molar-refractivity contribution in [1.29, 1.82) is 0 Å². The number of rotatable bonds is 1. The van der Waals surface area contributed by atoms with E-state index in [-0.39, 0.29) is 5.56 Å². The zero-order chi connectivity index (χ0) is 14.6. The van der Waals surface area contributed by atoms with Crippen LogP contribution in [-0.2, 0) is 12.8 Å². The van der Waals surface area contributed by atoms with E-state index in [1.165, 1.54) is 10.4 Å². The summed E-state index contributed by atoms with van der Waals surface area (Å²) in [6, 6.07) is 3.72. The summed E-state index contributed by atoms with van der Waals surface area (Å²) < 4.78 is 5.56. The average Bonchev–Trinajstić information content (AvgIpc) is 3.01. The fourth-order valence-electron chi connectivity index (χ4n) is 3.03. The van der Waals surface area contributed by atoms with Crippen molar-refractivity contribution in [2.24, 2.45) is 5.92 Å². The highest BCUT2D eigenvalue weighted by atomic mass is 32.1. The number of aromatic nitrogens is 2. The second kappa shape index (κ2) is 4.56. The van der Waals surface area contributed by atoms with Gasteiger partial charge >= 0.3 is 0 Å². The van der Waals surface area contributed by atoms with Gasteiger partial charge < -0.3 is 9.40 Å². The molecule has 3 aromatic rings. The number of aromatic amines is 1. The van der Waals surface area contributed by atoms with Crippen molar-refractivity contribution in [3.63, 3.8) is 0 Å². The number of nitrogens with one attached hydrogen (secondary N) is 1. The molecular weight excluding hydrogens is 284 g/mol. The van der Waals surface area contributed by atoms with Gasteiger partial charge in [-0.1, -0.05) is 6.92 Å². The quantitative estimate of drug-likeness (QED) is 0.746. The van der Waals surface area contributed by atoms with Gasteiger partial charge in [0.05, 0.1) is 5.39 Å². The highest BCUT2D eigenvalue weighted by Crippen LogP contribution is 2.36. The number of hydrogen-bond acceptors (Lipinski definition) is 4. The Labute approximate surface area is 125 Å². The molecular formula is C16H16N2O2S. The van der Waals surface area contributed by atoms with Gasteiger partial charge in [-0.3, -0.25) is 4.79 Å². The molecule has 1 N–H and O–H groups in total. The largest absolute Gasteiger partial charge is 0.458 e. The molecule has 5 heteroatoms. The Morgan fingerprint density at radius 2 is 2.29 bits per heavy atom. The molecule has 0 unspecified atom stereocenters. The number of furan rings is 1. The van der Waals surface area contributed by atoms with E-state index in [0.717, 1.165) is 35.2 Å². The maximum atomic E-state index is 12.5. The van der Waals surface area contributed by atoms with E-state index in [1.54, 1.807) is 11.3 Å². The van der Waals surface area contributed by atoms with Crippen LogP contribution in [-0.4, -0.2) is 9.97 Å². The Morgan fingerprint density at radius 3 is 3.05 bits per heavy atom. The first-order chi connectivity index (χ1) is 10.1. The molecule has 3 heterocycles. The highest BCUT2D eigenvalue weighted by Gasteiger charge is 2.23. The molecule has 0 saturated carbocycles. The SMILES string of the molecule is Cc1ccc(-c2nc3sc4c(c3c(=O)[nH]2)CC[C@H](C)C4)o1. The molecule has 108 valence electrons. The van der Waals surface area contributed by atoms with Gasteiger partial charge in [0.2, 0.25) is 0 Å². The second-order valence-corrected chi connectivity index (χ2v) is 6.94. The van der Waals surface area contributed by atoms with Crippen LogP contribution in [0.4, 0.5) is 0 Å². The molecule has 3 aromatic heterocycles. The summed E-state index contributed by atoms with van der Waals surface area (Å²) >= 11 is 1.66. The van der Waals surface area contributed by atoms with Gasteiger partial charge in [-0.2, -0.15) is 0 Å². The van der Waals surface area contributed by atoms with Crippen LogP contribution < -0.4 is 5.56 Å². The normalized spacial score (nSPS) is 18.1. The van der Waals surface area contributed by atoms with Crippen molar-refractivity contribution in [1.82, 2.24) is 9.97 Å². The predicted octanol–water partition coefficient (Wildman–Crippen LogP) is 3.68. The first-order valence-electron chi connectivity index (χ1n) is 7.23. The van der Waals surface area contributed by atoms with Crippen molar-refractivity contribution in [2.45, 2.75) is 33.1 Å². The molecule has 1 aliphatic carbocycles. The van der Waals surface area contributed by atoms with Gasteiger partial charge in [0, 0.05) is 4.88 Å². The van der Waals surface area contributed by atoms with Crippen LogP contribution in [0.1, 0.15) is 29.5 Å². The van der Waals surface area contributed by atoms with Gasteiger partial charge in [0.25, 0.3) is 5.56 Å². The molecule has 0 saturated heterocycles. The van der Waals surface area contributed by atoms with Crippen LogP contribution in [0.2, 0.25) is 0 Å². The van der Waals surface area contributed by atoms with Crippen molar-refractivity contribution in [3.05, 3.63) is 38.7 Å². The lowest BCUT2D eigenvalue weighted by molar-refractivity contribution is 0.509. The van der Waals surface area contributed by atoms with Crippen molar-refractivity contribution in [2.75, 3.05) is 0 Å². The van der Waals surface area contributed by atoms with Crippen molar-refractivity contribution >= 4 is 21.6 Å². The third-order valence-electron chi connectivity index (χ3n) is 4.14. The lowest BCUT2D eigenvalue weighted by Gasteiger charge is -2.17. The zero-order valence-electron chi connectivity index (χ0n) is 12.0. The van der Waals surface area contributed by atoms with Gasteiger partial charge in [0.15, 0.2) is 11.6 Å². The van der Waals surface area contributed by atoms with Gasteiger partial charge in [-0.25, -0.2) is 4.98 Å². The Hall–Kier alpha value is -1.88. The van der Waals surface area contributed by atoms with Gasteiger partial charge in [-0.05, 0) is 49.8 Å². The maximum Gasteiger partial charge on any atom is 0.260 e. The number of fused-ring (bicyclic) bond motifs is 3. The summed E-state index contributed by atoms with van der Waals surface area (Å²) in [6.45, 7) is 4.15. The first kappa shape index (κ1) is 12.8. The lowest BCUT2D eigenvalue weighted by atomic mass is 9.89. The van der Waals surface area contributed by atoms with Crippen LogP contribution in [0, 0.1) is 12.8 Å². The Kier molecular flexibility index (Phi) is 2.79. The summed E-state index contributed by atoms with van der Waals surface area (Å²) in [7, 11) is 0. The molecule has 0 spiro atoms. The molecule has 0 fully saturated rings. The number of nitrogens with zero attached hydrogens (tertiary/aromatic N) is 1. The molecule has 0 aromatic carbocycles. The molecule has 4 nitrogen and oxygen atoms in total. The van der Waals surface area contributed by atoms with E-state index in [0.29, 0.717) is 17.5 Å². The fraction of sp³-hybridized carbons (Fsp3) is 0.375. The van der Waals surface area contributed by atoms with Crippen LogP contribution in [0.3, 0.4) is 0 Å². The Morgan fingerprint density at radius 1 is 1.43 bits per heavy atom. The Balaban J connectivity index is 1.93. The molecule has 1 atom stereocenters. The Bertz CT molecular complexity index is 887. The van der Waals surface area contributed by atoms with E-state index in [2.05, 4.69) is 16.9 Å². The number of H-pyrrole nitrogens is 1. The van der Waals surface area contributed by atoms with Crippen LogP contribution in [0.15, 0.2) is 21.3 Å². The topological polar surface area (TPSA) is 58.9 Å². The van der Waals surface area contributed by atoms with Crippen LogP contribution in [0.25, 0.3) is 21.8 Å². The van der Waals surface area contributed by atoms with E-state index < -0.39 is 0 Å². The van der Waals surface area contributed by atoms with Crippen molar-refractivity contribution in [3.8, 4) is 11.6 Å². The minimum Gasteiger partial charge on any atom is -0.458 e. The second-order valence-electron chi connectivity index (χ2n) is 5.86. The van der Waals surface area contributed by atoms with Crippen molar-refractivity contribution < 1.29 is 4.42 Å². The summed E-state index contributed by atoms with van der Waals surface area (Å²) in [6.07, 6.45) is 3.20. The monoisotopic (exact) mass is 300 g/mol. The number of thiophene rings is 1. The number of aryl methyl sites for hydroxylation is 2. The molecule has 21 heavy (non-hydrogen) atoms. The van der Waals surface area contributed by atoms with Crippen LogP contribution >= 0.6 is 11.3 Å². The lowest BCUT2D eigenvalue weighted by Crippen LogP contribution is -2.13.